The lowest BCUT2D eigenvalue weighted by atomic mass is 9.81. The summed E-state index contributed by atoms with van der Waals surface area (Å²) in [4.78, 5) is 0. The normalized spacial score (nSPS) is 30.6. The molecule has 34 heavy (non-hydrogen) atoms. The van der Waals surface area contributed by atoms with Gasteiger partial charge in [0.2, 0.25) is 0 Å². The third kappa shape index (κ3) is 9.05. The van der Waals surface area contributed by atoms with Gasteiger partial charge in [0, 0.05) is 0 Å². The second kappa shape index (κ2) is 13.7. The van der Waals surface area contributed by atoms with E-state index in [2.05, 4.69) is 103 Å². The molecule has 5 aliphatic rings. The van der Waals surface area contributed by atoms with Crippen molar-refractivity contribution in [3.05, 3.63) is 56.2 Å². The first kappa shape index (κ1) is 30.7. The summed E-state index contributed by atoms with van der Waals surface area (Å²) in [7, 11) is 0. The molecule has 194 valence electrons. The fourth-order valence-corrected chi connectivity index (χ4v) is 5.21. The number of hydrogen-bond donors (Lipinski definition) is 0. The molecule has 5 aliphatic carbocycles. The monoisotopic (exact) mass is 466 g/mol. The third-order valence-electron chi connectivity index (χ3n) is 9.31. The lowest BCUT2D eigenvalue weighted by molar-refractivity contribution is 0.584. The second-order valence-electron chi connectivity index (χ2n) is 12.5. The van der Waals surface area contributed by atoms with Crippen LogP contribution in [-0.4, -0.2) is 0 Å². The topological polar surface area (TPSA) is 0 Å². The molecule has 0 saturated heterocycles. The highest BCUT2D eigenvalue weighted by Gasteiger charge is 2.18. The van der Waals surface area contributed by atoms with Gasteiger partial charge in [-0.05, 0) is 124 Å². The van der Waals surface area contributed by atoms with Gasteiger partial charge in [-0.1, -0.05) is 90.9 Å². The maximum atomic E-state index is 2.31. The zero-order valence-corrected chi connectivity index (χ0v) is 25.5. The molecule has 0 heterocycles. The number of hydrogen-bond acceptors (Lipinski definition) is 0. The minimum Gasteiger partial charge on any atom is -0.0824 e. The van der Waals surface area contributed by atoms with E-state index in [0.717, 1.165) is 29.6 Å². The van der Waals surface area contributed by atoms with Gasteiger partial charge in [0.25, 0.3) is 0 Å². The molecular formula is C34H58. The summed E-state index contributed by atoms with van der Waals surface area (Å²) < 4.78 is 0. The van der Waals surface area contributed by atoms with E-state index >= 15 is 0 Å². The van der Waals surface area contributed by atoms with E-state index in [1.807, 2.05) is 0 Å². The van der Waals surface area contributed by atoms with Crippen molar-refractivity contribution in [3.8, 4) is 0 Å². The molecule has 0 nitrogen and oxygen atoms in total. The maximum absolute atomic E-state index is 2.31. The van der Waals surface area contributed by atoms with Crippen LogP contribution in [-0.2, 0) is 0 Å². The van der Waals surface area contributed by atoms with Crippen LogP contribution in [0.3, 0.4) is 0 Å². The van der Waals surface area contributed by atoms with Gasteiger partial charge in [-0.2, -0.15) is 0 Å². The first-order chi connectivity index (χ1) is 15.6. The first-order valence-corrected chi connectivity index (χ1v) is 14.0. The van der Waals surface area contributed by atoms with Crippen molar-refractivity contribution >= 4 is 0 Å². The van der Waals surface area contributed by atoms with E-state index in [0.29, 0.717) is 0 Å². The smallest absolute Gasteiger partial charge is 0.0195 e. The van der Waals surface area contributed by atoms with Crippen molar-refractivity contribution in [2.75, 3.05) is 0 Å². The molecule has 0 radical (unpaired) electrons. The van der Waals surface area contributed by atoms with E-state index in [9.17, 15) is 0 Å². The van der Waals surface area contributed by atoms with Gasteiger partial charge in [0.05, 0.1) is 0 Å². The zero-order valence-electron chi connectivity index (χ0n) is 25.5. The second-order valence-corrected chi connectivity index (χ2v) is 12.5. The molecule has 5 unspecified atom stereocenters. The average molecular weight is 467 g/mol. The molecule has 0 N–H and O–H groups in total. The molecule has 0 amide bonds. The minimum absolute atomic E-state index is 0.880. The fraction of sp³-hybridized carbons (Fsp3) is 0.706. The molecule has 0 aromatic carbocycles. The fourth-order valence-electron chi connectivity index (χ4n) is 5.21. The van der Waals surface area contributed by atoms with E-state index in [1.54, 1.807) is 50.2 Å². The minimum atomic E-state index is 0.880. The quantitative estimate of drug-likeness (QED) is 0.311. The van der Waals surface area contributed by atoms with Gasteiger partial charge in [-0.25, -0.2) is 0 Å². The van der Waals surface area contributed by atoms with Crippen LogP contribution in [0, 0.1) is 29.6 Å². The van der Waals surface area contributed by atoms with E-state index in [-0.39, 0.29) is 0 Å². The third-order valence-corrected chi connectivity index (χ3v) is 9.31. The molecule has 0 fully saturated rings. The maximum Gasteiger partial charge on any atom is -0.0195 e. The molecule has 0 aromatic rings. The van der Waals surface area contributed by atoms with Crippen LogP contribution in [0.4, 0.5) is 0 Å². The highest BCUT2D eigenvalue weighted by Crippen LogP contribution is 2.34. The number of rotatable bonds is 0. The molecule has 0 spiro atoms. The lowest BCUT2D eigenvalue weighted by Crippen LogP contribution is -2.09. The van der Waals surface area contributed by atoms with Gasteiger partial charge >= 0.3 is 0 Å². The van der Waals surface area contributed by atoms with Gasteiger partial charge in [0.1, 0.15) is 0 Å². The van der Waals surface area contributed by atoms with E-state index < -0.39 is 0 Å². The molecule has 0 aliphatic heterocycles. The summed E-state index contributed by atoms with van der Waals surface area (Å²) in [6, 6.07) is 0. The van der Waals surface area contributed by atoms with Gasteiger partial charge in [0.15, 0.2) is 0 Å². The van der Waals surface area contributed by atoms with Crippen LogP contribution in [0.15, 0.2) is 56.2 Å². The zero-order chi connectivity index (χ0) is 26.3. The summed E-state index contributed by atoms with van der Waals surface area (Å²) >= 11 is 0. The molecular weight excluding hydrogens is 408 g/mol. The Kier molecular flexibility index (Phi) is 12.4. The summed E-state index contributed by atoms with van der Waals surface area (Å²) in [6.45, 7) is 31.3. The van der Waals surface area contributed by atoms with Gasteiger partial charge in [-0.15, -0.1) is 0 Å². The van der Waals surface area contributed by atoms with Crippen LogP contribution < -0.4 is 0 Å². The molecule has 0 aromatic heterocycles. The number of allylic oxidation sites excluding steroid dienone is 10. The predicted molar refractivity (Wildman–Crippen MR) is 156 cm³/mol. The van der Waals surface area contributed by atoms with Crippen molar-refractivity contribution in [1.82, 2.24) is 0 Å². The van der Waals surface area contributed by atoms with Crippen molar-refractivity contribution < 1.29 is 0 Å². The Bertz CT molecular complexity index is 730. The summed E-state index contributed by atoms with van der Waals surface area (Å²) in [6.07, 6.45) is 9.00. The van der Waals surface area contributed by atoms with Gasteiger partial charge < -0.3 is 0 Å². The average Bonchev–Trinajstić information content (AvgIpc) is 2.80. The Morgan fingerprint density at radius 1 is 0.412 bits per heavy atom. The largest absolute Gasteiger partial charge is 0.0824 e. The first-order valence-electron chi connectivity index (χ1n) is 14.0. The Morgan fingerprint density at radius 3 is 0.618 bits per heavy atom. The Hall–Kier alpha value is -1.30. The lowest BCUT2D eigenvalue weighted by Gasteiger charge is -2.25. The van der Waals surface area contributed by atoms with Crippen molar-refractivity contribution in [3.63, 3.8) is 0 Å². The molecule has 5 atom stereocenters. The summed E-state index contributed by atoms with van der Waals surface area (Å²) in [5, 5.41) is 0. The summed E-state index contributed by atoms with van der Waals surface area (Å²) in [5.41, 5.74) is 14.4. The van der Waals surface area contributed by atoms with Crippen molar-refractivity contribution in [1.29, 1.82) is 0 Å². The standard InChI is InChI=1S/4C7H12.C6H10/c4*1-5-4-6(2)7(5)3;1-5-3-6(2)4-5/h4*5H,4H2,1-3H3;3,5H,4H2,1-2H3. The highest BCUT2D eigenvalue weighted by atomic mass is 14.2. The molecule has 0 heteroatoms. The molecule has 5 rings (SSSR count). The van der Waals surface area contributed by atoms with Crippen LogP contribution in [0.2, 0.25) is 0 Å². The predicted octanol–water partition coefficient (Wildman–Crippen LogP) is 11.4. The van der Waals surface area contributed by atoms with Crippen LogP contribution >= 0.6 is 0 Å². The molecule has 0 bridgehead atoms. The SMILES string of the molecule is CC1=C(C)C(C)C1.CC1=C(C)C(C)C1.CC1=C(C)C(C)C1.CC1=C(C)C(C)C1.CC1=CC(C)C1. The molecule has 0 saturated carbocycles. The highest BCUT2D eigenvalue weighted by molar-refractivity contribution is 5.25. The van der Waals surface area contributed by atoms with Crippen LogP contribution in [0.5, 0.6) is 0 Å². The van der Waals surface area contributed by atoms with E-state index in [4.69, 9.17) is 0 Å². The van der Waals surface area contributed by atoms with Crippen molar-refractivity contribution in [2.45, 2.75) is 129 Å². The van der Waals surface area contributed by atoms with E-state index in [1.165, 1.54) is 32.1 Å². The van der Waals surface area contributed by atoms with Crippen molar-refractivity contribution in [2.24, 2.45) is 29.6 Å². The Balaban J connectivity index is 0.000000213. The summed E-state index contributed by atoms with van der Waals surface area (Å²) in [5.74, 6) is 4.44. The Morgan fingerprint density at radius 2 is 0.618 bits per heavy atom. The van der Waals surface area contributed by atoms with Gasteiger partial charge in [-0.3, -0.25) is 0 Å². The van der Waals surface area contributed by atoms with Crippen LogP contribution in [0.25, 0.3) is 0 Å². The van der Waals surface area contributed by atoms with Crippen LogP contribution in [0.1, 0.15) is 129 Å². The Labute approximate surface area is 214 Å².